The number of amides is 1. The standard InChI is InChI=1S/C80H153NO5/c1-3-5-7-9-11-13-15-17-19-21-37-42-46-50-54-58-62-66-70-74-80(85)86-75-71-67-63-59-55-51-47-43-39-36-34-32-30-28-26-24-23-25-27-29-31-33-35-38-41-45-49-53-57-61-65-69-73-79(84)81-77(76-82)78(83)72-68-64-60-56-52-48-44-40-22-20-18-16-14-12-10-8-6-4-2/h17,19,26,28,68,72,77-78,82-83H,3-16,18,20-25,27,29-67,69-71,73-76H2,1-2H3,(H,81,84)/b19-17-,28-26-,72-68+. The number of ether oxygens (including phenoxy) is 1. The van der Waals surface area contributed by atoms with E-state index in [9.17, 15) is 19.8 Å². The second-order valence-electron chi connectivity index (χ2n) is 27.0. The maximum absolute atomic E-state index is 12.5. The first-order valence-electron chi connectivity index (χ1n) is 39.3. The van der Waals surface area contributed by atoms with Crippen molar-refractivity contribution in [2.75, 3.05) is 13.2 Å². The Morgan fingerprint density at radius 2 is 0.547 bits per heavy atom. The van der Waals surface area contributed by atoms with E-state index >= 15 is 0 Å². The number of rotatable bonds is 74. The molecule has 2 unspecified atom stereocenters. The van der Waals surface area contributed by atoms with Crippen LogP contribution in [0.15, 0.2) is 36.5 Å². The first kappa shape index (κ1) is 84.1. The molecule has 0 aromatic heterocycles. The van der Waals surface area contributed by atoms with Crippen LogP contribution in [0.1, 0.15) is 438 Å². The molecule has 0 aromatic rings. The molecule has 0 aliphatic rings. The van der Waals surface area contributed by atoms with Gasteiger partial charge in [0.15, 0.2) is 0 Å². The summed E-state index contributed by atoms with van der Waals surface area (Å²) in [7, 11) is 0. The fraction of sp³-hybridized carbons (Fsp3) is 0.900. The molecule has 86 heavy (non-hydrogen) atoms. The topological polar surface area (TPSA) is 95.9 Å². The lowest BCUT2D eigenvalue weighted by molar-refractivity contribution is -0.143. The maximum Gasteiger partial charge on any atom is 0.305 e. The Bertz CT molecular complexity index is 1390. The average Bonchev–Trinajstić information content (AvgIpc) is 3.54. The Morgan fingerprint density at radius 3 is 0.826 bits per heavy atom. The van der Waals surface area contributed by atoms with Gasteiger partial charge in [0.05, 0.1) is 25.4 Å². The molecule has 3 N–H and O–H groups in total. The Morgan fingerprint density at radius 1 is 0.314 bits per heavy atom. The third-order valence-electron chi connectivity index (χ3n) is 18.4. The zero-order valence-electron chi connectivity index (χ0n) is 58.3. The van der Waals surface area contributed by atoms with Crippen LogP contribution in [-0.2, 0) is 14.3 Å². The van der Waals surface area contributed by atoms with E-state index < -0.39 is 12.1 Å². The zero-order chi connectivity index (χ0) is 62.0. The van der Waals surface area contributed by atoms with Crippen LogP contribution in [0.5, 0.6) is 0 Å². The lowest BCUT2D eigenvalue weighted by Crippen LogP contribution is -2.45. The number of aliphatic hydroxyl groups is 2. The van der Waals surface area contributed by atoms with E-state index in [2.05, 4.69) is 43.5 Å². The number of unbranched alkanes of at least 4 members (excludes halogenated alkanes) is 59. The van der Waals surface area contributed by atoms with Gasteiger partial charge in [-0.05, 0) is 83.5 Å². The quantitative estimate of drug-likeness (QED) is 0.0320. The van der Waals surface area contributed by atoms with Crippen molar-refractivity contribution in [1.29, 1.82) is 0 Å². The lowest BCUT2D eigenvalue weighted by atomic mass is 10.0. The number of allylic oxidation sites excluding steroid dienone is 5. The van der Waals surface area contributed by atoms with Crippen LogP contribution >= 0.6 is 0 Å². The summed E-state index contributed by atoms with van der Waals surface area (Å²) in [6.45, 7) is 4.94. The average molecular weight is 1210 g/mol. The van der Waals surface area contributed by atoms with Gasteiger partial charge in [-0.15, -0.1) is 0 Å². The van der Waals surface area contributed by atoms with Crippen LogP contribution in [0.3, 0.4) is 0 Å². The molecular weight excluding hydrogens is 1050 g/mol. The summed E-state index contributed by atoms with van der Waals surface area (Å²) in [5.41, 5.74) is 0. The predicted molar refractivity (Wildman–Crippen MR) is 379 cm³/mol. The zero-order valence-corrected chi connectivity index (χ0v) is 58.3. The van der Waals surface area contributed by atoms with Crippen LogP contribution in [0.2, 0.25) is 0 Å². The number of hydrogen-bond acceptors (Lipinski definition) is 5. The Balaban J connectivity index is 3.36. The molecule has 0 saturated carbocycles. The molecule has 0 saturated heterocycles. The van der Waals surface area contributed by atoms with Gasteiger partial charge < -0.3 is 20.3 Å². The molecule has 0 fully saturated rings. The smallest absolute Gasteiger partial charge is 0.305 e. The normalized spacial score (nSPS) is 12.7. The fourth-order valence-electron chi connectivity index (χ4n) is 12.4. The molecule has 0 aliphatic carbocycles. The van der Waals surface area contributed by atoms with E-state index in [1.165, 1.54) is 372 Å². The van der Waals surface area contributed by atoms with Crippen molar-refractivity contribution in [2.24, 2.45) is 0 Å². The molecule has 2 atom stereocenters. The minimum absolute atomic E-state index is 0.0183. The number of nitrogens with one attached hydrogen (secondary N) is 1. The molecule has 0 heterocycles. The molecule has 0 spiro atoms. The lowest BCUT2D eigenvalue weighted by Gasteiger charge is -2.20. The van der Waals surface area contributed by atoms with Gasteiger partial charge in [0, 0.05) is 12.8 Å². The first-order valence-corrected chi connectivity index (χ1v) is 39.3. The molecule has 0 bridgehead atoms. The fourth-order valence-corrected chi connectivity index (χ4v) is 12.4. The van der Waals surface area contributed by atoms with Crippen molar-refractivity contribution in [3.8, 4) is 0 Å². The molecule has 0 radical (unpaired) electrons. The Kier molecular flexibility index (Phi) is 73.9. The summed E-state index contributed by atoms with van der Waals surface area (Å²) in [4.78, 5) is 24.6. The number of aliphatic hydroxyl groups excluding tert-OH is 2. The maximum atomic E-state index is 12.5. The second-order valence-corrected chi connectivity index (χ2v) is 27.0. The van der Waals surface area contributed by atoms with Crippen molar-refractivity contribution in [3.05, 3.63) is 36.5 Å². The Labute approximate surface area is 538 Å². The SMILES string of the molecule is CCCCCCCC/C=C\CCCCCCCCCCCC(=O)OCCCCCCCCCCCCCC/C=C\CCCCCCCCCCCCCCCCCCC(=O)NC(CO)C(O)/C=C/CCCCCCCCCCCCCCCCCC. The Hall–Kier alpha value is -1.92. The number of carbonyl (C=O) groups excluding carboxylic acids is 2. The van der Waals surface area contributed by atoms with Gasteiger partial charge in [-0.2, -0.15) is 0 Å². The second kappa shape index (κ2) is 75.5. The molecule has 0 aliphatic heterocycles. The van der Waals surface area contributed by atoms with Crippen LogP contribution < -0.4 is 5.32 Å². The monoisotopic (exact) mass is 1210 g/mol. The van der Waals surface area contributed by atoms with Crippen LogP contribution in [-0.4, -0.2) is 47.4 Å². The molecular formula is C80H153NO5. The molecule has 6 heteroatoms. The van der Waals surface area contributed by atoms with Gasteiger partial charge in [-0.3, -0.25) is 9.59 Å². The van der Waals surface area contributed by atoms with Gasteiger partial charge in [0.2, 0.25) is 5.91 Å². The third kappa shape index (κ3) is 71.2. The van der Waals surface area contributed by atoms with Gasteiger partial charge >= 0.3 is 5.97 Å². The van der Waals surface area contributed by atoms with Crippen molar-refractivity contribution >= 4 is 11.9 Å². The van der Waals surface area contributed by atoms with Crippen LogP contribution in [0.25, 0.3) is 0 Å². The van der Waals surface area contributed by atoms with Gasteiger partial charge in [0.25, 0.3) is 0 Å². The van der Waals surface area contributed by atoms with E-state index in [1.807, 2.05) is 6.08 Å². The van der Waals surface area contributed by atoms with Crippen LogP contribution in [0.4, 0.5) is 0 Å². The van der Waals surface area contributed by atoms with E-state index in [1.54, 1.807) is 6.08 Å². The highest BCUT2D eigenvalue weighted by atomic mass is 16.5. The number of esters is 1. The van der Waals surface area contributed by atoms with Gasteiger partial charge in [-0.1, -0.05) is 378 Å². The van der Waals surface area contributed by atoms with E-state index in [0.29, 0.717) is 19.4 Å². The number of hydrogen-bond donors (Lipinski definition) is 3. The van der Waals surface area contributed by atoms with E-state index in [4.69, 9.17) is 4.74 Å². The molecule has 0 rings (SSSR count). The van der Waals surface area contributed by atoms with Crippen molar-refractivity contribution in [3.63, 3.8) is 0 Å². The summed E-state index contributed by atoms with van der Waals surface area (Å²) in [5.74, 6) is -0.0434. The van der Waals surface area contributed by atoms with Crippen molar-refractivity contribution in [2.45, 2.75) is 450 Å². The summed E-state index contributed by atoms with van der Waals surface area (Å²) < 4.78 is 5.52. The molecule has 6 nitrogen and oxygen atoms in total. The van der Waals surface area contributed by atoms with E-state index in [-0.39, 0.29) is 18.5 Å². The largest absolute Gasteiger partial charge is 0.466 e. The van der Waals surface area contributed by atoms with Crippen molar-refractivity contribution in [1.82, 2.24) is 5.32 Å². The van der Waals surface area contributed by atoms with Gasteiger partial charge in [0.1, 0.15) is 0 Å². The summed E-state index contributed by atoms with van der Waals surface area (Å²) in [6.07, 6.45) is 98.3. The van der Waals surface area contributed by atoms with E-state index in [0.717, 1.165) is 38.5 Å². The summed E-state index contributed by atoms with van der Waals surface area (Å²) in [5, 5.41) is 23.2. The molecule has 508 valence electrons. The highest BCUT2D eigenvalue weighted by Gasteiger charge is 2.18. The van der Waals surface area contributed by atoms with Crippen molar-refractivity contribution < 1.29 is 24.5 Å². The predicted octanol–water partition coefficient (Wildman–Crippen LogP) is 25.8. The number of carbonyl (C=O) groups is 2. The summed E-state index contributed by atoms with van der Waals surface area (Å²) >= 11 is 0. The minimum Gasteiger partial charge on any atom is -0.466 e. The highest BCUT2D eigenvalue weighted by Crippen LogP contribution is 2.19. The molecule has 0 aromatic carbocycles. The third-order valence-corrected chi connectivity index (χ3v) is 18.4. The highest BCUT2D eigenvalue weighted by molar-refractivity contribution is 5.76. The first-order chi connectivity index (χ1) is 42.5. The summed E-state index contributed by atoms with van der Waals surface area (Å²) in [6, 6.07) is -0.627. The van der Waals surface area contributed by atoms with Gasteiger partial charge in [-0.25, -0.2) is 0 Å². The van der Waals surface area contributed by atoms with Crippen LogP contribution in [0, 0.1) is 0 Å². The minimum atomic E-state index is -0.843. The molecule has 1 amide bonds.